The van der Waals surface area contributed by atoms with Crippen LogP contribution in [0.4, 0.5) is 0 Å². The quantitative estimate of drug-likeness (QED) is 0.751. The molecule has 0 saturated carbocycles. The molecule has 0 aromatic rings. The third kappa shape index (κ3) is 3.04. The zero-order valence-corrected chi connectivity index (χ0v) is 11.4. The number of nitrogens with zero attached hydrogens (tertiary/aromatic N) is 1. The first kappa shape index (κ1) is 14.2. The summed E-state index contributed by atoms with van der Waals surface area (Å²) in [6.07, 6.45) is 8.75. The van der Waals surface area contributed by atoms with Crippen molar-refractivity contribution in [2.24, 2.45) is 10.9 Å². The lowest BCUT2D eigenvalue weighted by Gasteiger charge is -2.21. The third-order valence-electron chi connectivity index (χ3n) is 3.28. The molecule has 0 spiro atoms. The van der Waals surface area contributed by atoms with Crippen LogP contribution in [-0.2, 0) is 9.59 Å². The van der Waals surface area contributed by atoms with Gasteiger partial charge in [-0.3, -0.25) is 9.59 Å². The Balaban J connectivity index is 2.07. The lowest BCUT2D eigenvalue weighted by Crippen LogP contribution is -2.30. The number of carbonyl (C=O) groups is 2. The molecule has 20 heavy (non-hydrogen) atoms. The number of nitrogens with one attached hydrogen (secondary N) is 1. The van der Waals surface area contributed by atoms with Gasteiger partial charge in [0.15, 0.2) is 0 Å². The number of aliphatic hydroxyl groups is 1. The molecule has 0 bridgehead atoms. The second kappa shape index (κ2) is 6.32. The lowest BCUT2D eigenvalue weighted by molar-refractivity contribution is -0.122. The molecule has 0 saturated heterocycles. The van der Waals surface area contributed by atoms with Crippen molar-refractivity contribution >= 4 is 17.5 Å². The van der Waals surface area contributed by atoms with Gasteiger partial charge in [-0.25, -0.2) is 4.99 Å². The summed E-state index contributed by atoms with van der Waals surface area (Å²) in [5.41, 5.74) is 0.609. The molecule has 0 radical (unpaired) electrons. The number of allylic oxidation sites excluding steroid dienone is 4. The van der Waals surface area contributed by atoms with Crippen LogP contribution in [0, 0.1) is 5.92 Å². The first-order valence-corrected chi connectivity index (χ1v) is 6.80. The number of aliphatic hydroxyl groups excluding tert-OH is 1. The SMILES string of the molecule is CCCCNC(=O)CC1=C(O)C2C=CC=CC2=NC1=O. The van der Waals surface area contributed by atoms with Crippen LogP contribution in [0.3, 0.4) is 0 Å². The second-order valence-corrected chi connectivity index (χ2v) is 4.81. The molecule has 1 aliphatic carbocycles. The molecule has 2 amide bonds. The monoisotopic (exact) mass is 274 g/mol. The Morgan fingerprint density at radius 2 is 2.25 bits per heavy atom. The number of unbranched alkanes of at least 4 members (excludes halogenated alkanes) is 1. The summed E-state index contributed by atoms with van der Waals surface area (Å²) in [4.78, 5) is 27.6. The number of aliphatic imine (C=N–C) groups is 1. The smallest absolute Gasteiger partial charge is 0.277 e. The number of fused-ring (bicyclic) bond motifs is 1. The molecule has 2 aliphatic rings. The molecule has 0 aromatic heterocycles. The van der Waals surface area contributed by atoms with E-state index in [0.29, 0.717) is 12.3 Å². The van der Waals surface area contributed by atoms with E-state index in [2.05, 4.69) is 10.3 Å². The van der Waals surface area contributed by atoms with Crippen molar-refractivity contribution in [3.8, 4) is 0 Å². The largest absolute Gasteiger partial charge is 0.511 e. The summed E-state index contributed by atoms with van der Waals surface area (Å²) in [6.45, 7) is 2.61. The number of hydrogen-bond acceptors (Lipinski definition) is 3. The Hall–Kier alpha value is -2.17. The van der Waals surface area contributed by atoms with Gasteiger partial charge in [-0.1, -0.05) is 31.6 Å². The van der Waals surface area contributed by atoms with Crippen LogP contribution in [-0.4, -0.2) is 29.2 Å². The van der Waals surface area contributed by atoms with Crippen molar-refractivity contribution in [3.63, 3.8) is 0 Å². The normalized spacial score (nSPS) is 20.8. The standard InChI is InChI=1S/C15H18N2O3/c1-2-3-8-16-13(18)9-11-14(19)10-6-4-5-7-12(10)17-15(11)20/h4-7,10,19H,2-3,8-9H2,1H3,(H,16,18). The highest BCUT2D eigenvalue weighted by atomic mass is 16.3. The van der Waals surface area contributed by atoms with Crippen molar-refractivity contribution in [1.29, 1.82) is 0 Å². The maximum Gasteiger partial charge on any atom is 0.277 e. The minimum atomic E-state index is -0.528. The predicted octanol–water partition coefficient (Wildman–Crippen LogP) is 1.83. The molecule has 1 aliphatic heterocycles. The minimum Gasteiger partial charge on any atom is -0.511 e. The Labute approximate surface area is 117 Å². The van der Waals surface area contributed by atoms with Gasteiger partial charge in [0.2, 0.25) is 5.91 Å². The Kier molecular flexibility index (Phi) is 4.50. The zero-order chi connectivity index (χ0) is 14.5. The van der Waals surface area contributed by atoms with Gasteiger partial charge in [-0.05, 0) is 12.5 Å². The Morgan fingerprint density at radius 3 is 3.00 bits per heavy atom. The van der Waals surface area contributed by atoms with Crippen molar-refractivity contribution in [1.82, 2.24) is 5.32 Å². The average Bonchev–Trinajstić information content (AvgIpc) is 2.44. The number of rotatable bonds is 5. The summed E-state index contributed by atoms with van der Waals surface area (Å²) in [6, 6.07) is 0. The van der Waals surface area contributed by atoms with E-state index in [9.17, 15) is 14.7 Å². The Bertz CT molecular complexity index is 541. The maximum absolute atomic E-state index is 11.9. The van der Waals surface area contributed by atoms with Crippen LogP contribution in [0.25, 0.3) is 0 Å². The Morgan fingerprint density at radius 1 is 1.45 bits per heavy atom. The fraction of sp³-hybridized carbons (Fsp3) is 0.400. The van der Waals surface area contributed by atoms with Gasteiger partial charge < -0.3 is 10.4 Å². The van der Waals surface area contributed by atoms with Crippen LogP contribution in [0.1, 0.15) is 26.2 Å². The highest BCUT2D eigenvalue weighted by Crippen LogP contribution is 2.27. The van der Waals surface area contributed by atoms with Crippen LogP contribution in [0.5, 0.6) is 0 Å². The van der Waals surface area contributed by atoms with Gasteiger partial charge >= 0.3 is 0 Å². The molecule has 1 atom stereocenters. The highest BCUT2D eigenvalue weighted by molar-refractivity contribution is 6.14. The van der Waals surface area contributed by atoms with E-state index in [-0.39, 0.29) is 23.7 Å². The van der Waals surface area contributed by atoms with E-state index >= 15 is 0 Å². The first-order valence-electron chi connectivity index (χ1n) is 6.80. The zero-order valence-electron chi connectivity index (χ0n) is 11.4. The molecule has 2 N–H and O–H groups in total. The molecule has 106 valence electrons. The maximum atomic E-state index is 11.9. The van der Waals surface area contributed by atoms with Crippen LogP contribution >= 0.6 is 0 Å². The molecule has 0 aromatic carbocycles. The average molecular weight is 274 g/mol. The van der Waals surface area contributed by atoms with Gasteiger partial charge in [0.25, 0.3) is 5.91 Å². The minimum absolute atomic E-state index is 0.0637. The van der Waals surface area contributed by atoms with Crippen LogP contribution < -0.4 is 5.32 Å². The summed E-state index contributed by atoms with van der Waals surface area (Å²) >= 11 is 0. The summed E-state index contributed by atoms with van der Waals surface area (Å²) in [5, 5.41) is 12.9. The first-order chi connectivity index (χ1) is 9.63. The molecule has 0 fully saturated rings. The van der Waals surface area contributed by atoms with Crippen molar-refractivity contribution in [2.75, 3.05) is 6.54 Å². The number of carbonyl (C=O) groups excluding carboxylic acids is 2. The summed E-state index contributed by atoms with van der Waals surface area (Å²) < 4.78 is 0. The van der Waals surface area contributed by atoms with Gasteiger partial charge in [0.1, 0.15) is 5.76 Å². The fourth-order valence-electron chi connectivity index (χ4n) is 2.15. The van der Waals surface area contributed by atoms with Crippen LogP contribution in [0.2, 0.25) is 0 Å². The second-order valence-electron chi connectivity index (χ2n) is 4.81. The van der Waals surface area contributed by atoms with Crippen molar-refractivity contribution < 1.29 is 14.7 Å². The molecule has 5 nitrogen and oxygen atoms in total. The third-order valence-corrected chi connectivity index (χ3v) is 3.28. The molecular formula is C15H18N2O3. The molecule has 2 rings (SSSR count). The number of amides is 2. The van der Waals surface area contributed by atoms with E-state index < -0.39 is 11.8 Å². The number of dihydropyridines is 1. The van der Waals surface area contributed by atoms with E-state index in [1.54, 1.807) is 24.3 Å². The van der Waals surface area contributed by atoms with E-state index in [1.807, 2.05) is 6.92 Å². The van der Waals surface area contributed by atoms with Crippen molar-refractivity contribution in [3.05, 3.63) is 35.6 Å². The molecule has 5 heteroatoms. The molecular weight excluding hydrogens is 256 g/mol. The lowest BCUT2D eigenvalue weighted by atomic mass is 9.89. The molecule has 1 unspecified atom stereocenters. The fourth-order valence-corrected chi connectivity index (χ4v) is 2.15. The van der Waals surface area contributed by atoms with Crippen molar-refractivity contribution in [2.45, 2.75) is 26.2 Å². The van der Waals surface area contributed by atoms with Gasteiger partial charge in [0.05, 0.1) is 23.6 Å². The summed E-state index contributed by atoms with van der Waals surface area (Å²) in [7, 11) is 0. The highest BCUT2D eigenvalue weighted by Gasteiger charge is 2.30. The van der Waals surface area contributed by atoms with E-state index in [1.165, 1.54) is 0 Å². The van der Waals surface area contributed by atoms with Gasteiger partial charge in [-0.15, -0.1) is 0 Å². The van der Waals surface area contributed by atoms with Crippen LogP contribution in [0.15, 0.2) is 40.6 Å². The predicted molar refractivity (Wildman–Crippen MR) is 76.4 cm³/mol. The van der Waals surface area contributed by atoms with E-state index in [4.69, 9.17) is 0 Å². The topological polar surface area (TPSA) is 78.8 Å². The molecule has 1 heterocycles. The van der Waals surface area contributed by atoms with Gasteiger partial charge in [0, 0.05) is 6.54 Å². The summed E-state index contributed by atoms with van der Waals surface area (Å²) in [5.74, 6) is -1.26. The number of hydrogen-bond donors (Lipinski definition) is 2. The van der Waals surface area contributed by atoms with E-state index in [0.717, 1.165) is 12.8 Å². The van der Waals surface area contributed by atoms with Gasteiger partial charge in [-0.2, -0.15) is 0 Å².